The Balaban J connectivity index is 1.69. The predicted molar refractivity (Wildman–Crippen MR) is 85.4 cm³/mol. The van der Waals surface area contributed by atoms with Gasteiger partial charge < -0.3 is 5.32 Å². The van der Waals surface area contributed by atoms with Gasteiger partial charge in [0, 0.05) is 17.4 Å². The highest BCUT2D eigenvalue weighted by Crippen LogP contribution is 2.17. The Hall–Kier alpha value is -1.61. The van der Waals surface area contributed by atoms with Crippen molar-refractivity contribution in [1.82, 2.24) is 5.32 Å². The number of nitrogens with one attached hydrogen (secondary N) is 1. The van der Waals surface area contributed by atoms with E-state index in [4.69, 9.17) is 0 Å². The van der Waals surface area contributed by atoms with Gasteiger partial charge in [-0.1, -0.05) is 64.5 Å². The highest BCUT2D eigenvalue weighted by Gasteiger charge is 2.03. The maximum absolute atomic E-state index is 11.8. The summed E-state index contributed by atoms with van der Waals surface area (Å²) in [6, 6.07) is 18.1. The lowest BCUT2D eigenvalue weighted by Crippen LogP contribution is -2.22. The highest BCUT2D eigenvalue weighted by molar-refractivity contribution is 9.10. The quantitative estimate of drug-likeness (QED) is 0.848. The first kappa shape index (κ1) is 14.8. The average Bonchev–Trinajstić information content (AvgIpc) is 2.48. The number of benzene rings is 2. The molecule has 0 atom stereocenters. The fourth-order valence-corrected chi connectivity index (χ4v) is 2.51. The normalized spacial score (nSPS) is 10.2. The minimum absolute atomic E-state index is 0.112. The fraction of sp³-hybridized carbons (Fsp3) is 0.235. The summed E-state index contributed by atoms with van der Waals surface area (Å²) in [5.74, 6) is 0.112. The molecule has 2 aromatic carbocycles. The zero-order valence-electron chi connectivity index (χ0n) is 11.3. The predicted octanol–water partition coefficient (Wildman–Crippen LogP) is 4.09. The Morgan fingerprint density at radius 2 is 1.70 bits per heavy atom. The van der Waals surface area contributed by atoms with Crippen LogP contribution in [0.1, 0.15) is 24.0 Å². The van der Waals surface area contributed by atoms with E-state index in [1.54, 1.807) is 0 Å². The summed E-state index contributed by atoms with van der Waals surface area (Å²) in [6.07, 6.45) is 2.34. The molecule has 0 saturated heterocycles. The summed E-state index contributed by atoms with van der Waals surface area (Å²) in [7, 11) is 0. The molecule has 1 amide bonds. The Bertz CT molecular complexity index is 554. The second-order valence-corrected chi connectivity index (χ2v) is 5.56. The maximum atomic E-state index is 11.8. The summed E-state index contributed by atoms with van der Waals surface area (Å²) in [6.45, 7) is 0.606. The first-order chi connectivity index (χ1) is 9.75. The Morgan fingerprint density at radius 3 is 2.45 bits per heavy atom. The van der Waals surface area contributed by atoms with E-state index in [9.17, 15) is 4.79 Å². The van der Waals surface area contributed by atoms with Crippen molar-refractivity contribution in [2.45, 2.75) is 25.8 Å². The van der Waals surface area contributed by atoms with Crippen LogP contribution in [0.4, 0.5) is 0 Å². The number of carbonyl (C=O) groups excluding carboxylic acids is 1. The molecule has 0 saturated carbocycles. The summed E-state index contributed by atoms with van der Waals surface area (Å²) in [5, 5.41) is 2.95. The van der Waals surface area contributed by atoms with Crippen molar-refractivity contribution in [2.24, 2.45) is 0 Å². The van der Waals surface area contributed by atoms with E-state index in [0.29, 0.717) is 13.0 Å². The van der Waals surface area contributed by atoms with E-state index in [2.05, 4.69) is 27.3 Å². The van der Waals surface area contributed by atoms with E-state index in [0.717, 1.165) is 22.9 Å². The maximum Gasteiger partial charge on any atom is 0.220 e. The van der Waals surface area contributed by atoms with Gasteiger partial charge in [-0.2, -0.15) is 0 Å². The van der Waals surface area contributed by atoms with Crippen LogP contribution in [0.3, 0.4) is 0 Å². The molecule has 20 heavy (non-hydrogen) atoms. The van der Waals surface area contributed by atoms with Crippen LogP contribution in [0.15, 0.2) is 59.1 Å². The largest absolute Gasteiger partial charge is 0.352 e. The second-order valence-electron chi connectivity index (χ2n) is 4.71. The summed E-state index contributed by atoms with van der Waals surface area (Å²) in [4.78, 5) is 11.8. The van der Waals surface area contributed by atoms with Crippen LogP contribution in [0.2, 0.25) is 0 Å². The van der Waals surface area contributed by atoms with Crippen molar-refractivity contribution < 1.29 is 4.79 Å². The number of hydrogen-bond acceptors (Lipinski definition) is 1. The molecule has 0 aromatic heterocycles. The lowest BCUT2D eigenvalue weighted by molar-refractivity contribution is -0.121. The molecule has 1 N–H and O–H groups in total. The first-order valence-corrected chi connectivity index (χ1v) is 7.59. The topological polar surface area (TPSA) is 29.1 Å². The average molecular weight is 332 g/mol. The van der Waals surface area contributed by atoms with E-state index in [1.165, 1.54) is 5.56 Å². The van der Waals surface area contributed by atoms with E-state index in [1.807, 2.05) is 48.5 Å². The number of carbonyl (C=O) groups is 1. The van der Waals surface area contributed by atoms with Crippen molar-refractivity contribution >= 4 is 21.8 Å². The highest BCUT2D eigenvalue weighted by atomic mass is 79.9. The zero-order chi connectivity index (χ0) is 14.2. The molecule has 0 unspecified atom stereocenters. The molecule has 2 rings (SSSR count). The SMILES string of the molecule is O=C(CCCc1ccccc1Br)NCc1ccccc1. The van der Waals surface area contributed by atoms with Gasteiger partial charge in [0.25, 0.3) is 0 Å². The standard InChI is InChI=1S/C17H18BrNO/c18-16-11-5-4-9-15(16)10-6-12-17(20)19-13-14-7-2-1-3-8-14/h1-5,7-9,11H,6,10,12-13H2,(H,19,20). The third kappa shape index (κ3) is 4.82. The van der Waals surface area contributed by atoms with Gasteiger partial charge in [0.1, 0.15) is 0 Å². The smallest absolute Gasteiger partial charge is 0.220 e. The monoisotopic (exact) mass is 331 g/mol. The van der Waals surface area contributed by atoms with Gasteiger partial charge in [-0.3, -0.25) is 4.79 Å². The van der Waals surface area contributed by atoms with Crippen molar-refractivity contribution in [3.05, 3.63) is 70.2 Å². The van der Waals surface area contributed by atoms with Gasteiger partial charge in [0.2, 0.25) is 5.91 Å². The fourth-order valence-electron chi connectivity index (χ4n) is 2.03. The number of amides is 1. The van der Waals surface area contributed by atoms with Gasteiger partial charge in [-0.05, 0) is 30.0 Å². The van der Waals surface area contributed by atoms with Crippen molar-refractivity contribution in [1.29, 1.82) is 0 Å². The molecule has 2 nitrogen and oxygen atoms in total. The molecule has 0 fully saturated rings. The first-order valence-electron chi connectivity index (χ1n) is 6.80. The molecule has 0 heterocycles. The van der Waals surface area contributed by atoms with Crippen LogP contribution in [0, 0.1) is 0 Å². The molecule has 0 aliphatic carbocycles. The van der Waals surface area contributed by atoms with Crippen LogP contribution in [0.5, 0.6) is 0 Å². The third-order valence-corrected chi connectivity index (χ3v) is 3.91. The Kier molecular flexibility index (Phi) is 5.81. The van der Waals surface area contributed by atoms with Crippen molar-refractivity contribution in [3.8, 4) is 0 Å². The molecule has 104 valence electrons. The van der Waals surface area contributed by atoms with Crippen LogP contribution in [-0.4, -0.2) is 5.91 Å². The van der Waals surface area contributed by atoms with Gasteiger partial charge in [-0.25, -0.2) is 0 Å². The van der Waals surface area contributed by atoms with Gasteiger partial charge >= 0.3 is 0 Å². The second kappa shape index (κ2) is 7.85. The summed E-state index contributed by atoms with van der Waals surface area (Å²) >= 11 is 3.52. The van der Waals surface area contributed by atoms with Crippen LogP contribution >= 0.6 is 15.9 Å². The Labute approximate surface area is 128 Å². The summed E-state index contributed by atoms with van der Waals surface area (Å²) in [5.41, 5.74) is 2.38. The molecule has 2 aromatic rings. The minimum atomic E-state index is 0.112. The lowest BCUT2D eigenvalue weighted by atomic mass is 10.1. The van der Waals surface area contributed by atoms with Crippen LogP contribution < -0.4 is 5.32 Å². The molecule has 0 aliphatic rings. The summed E-state index contributed by atoms with van der Waals surface area (Å²) < 4.78 is 1.12. The molecular formula is C17H18BrNO. The number of aryl methyl sites for hydroxylation is 1. The number of rotatable bonds is 6. The van der Waals surface area contributed by atoms with Crippen molar-refractivity contribution in [2.75, 3.05) is 0 Å². The third-order valence-electron chi connectivity index (χ3n) is 3.14. The van der Waals surface area contributed by atoms with E-state index >= 15 is 0 Å². The molecular weight excluding hydrogens is 314 g/mol. The number of halogens is 1. The van der Waals surface area contributed by atoms with Gasteiger partial charge in [-0.15, -0.1) is 0 Å². The van der Waals surface area contributed by atoms with Crippen LogP contribution in [-0.2, 0) is 17.8 Å². The van der Waals surface area contributed by atoms with Gasteiger partial charge in [0.15, 0.2) is 0 Å². The number of hydrogen-bond donors (Lipinski definition) is 1. The lowest BCUT2D eigenvalue weighted by Gasteiger charge is -2.06. The van der Waals surface area contributed by atoms with E-state index in [-0.39, 0.29) is 5.91 Å². The molecule has 0 bridgehead atoms. The van der Waals surface area contributed by atoms with Crippen molar-refractivity contribution in [3.63, 3.8) is 0 Å². The molecule has 3 heteroatoms. The Morgan fingerprint density at radius 1 is 1.00 bits per heavy atom. The van der Waals surface area contributed by atoms with Crippen LogP contribution in [0.25, 0.3) is 0 Å². The molecule has 0 aliphatic heterocycles. The molecule has 0 radical (unpaired) electrons. The van der Waals surface area contributed by atoms with Gasteiger partial charge in [0.05, 0.1) is 0 Å². The minimum Gasteiger partial charge on any atom is -0.352 e. The molecule has 0 spiro atoms. The van der Waals surface area contributed by atoms with E-state index < -0.39 is 0 Å². The zero-order valence-corrected chi connectivity index (χ0v) is 12.9.